The standard InChI is InChI=1S/C27H33F3N6O3S/c1-26(2)23(37)36(20-7-9-21(10-8-20)40-27(28,29)30)25(39)35(26)18-19-11-13-31-22(17-19)33-24(38)32-12-3-4-14-34-15-5-6-16-34/h7-11,13,17H,3-6,12,14-16,18H2,1-2H3,(H2,31,32,33,38). The van der Waals surface area contributed by atoms with Crippen LogP contribution in [0.5, 0.6) is 0 Å². The van der Waals surface area contributed by atoms with Crippen LogP contribution in [0.3, 0.4) is 0 Å². The molecule has 2 fully saturated rings. The van der Waals surface area contributed by atoms with Crippen molar-refractivity contribution in [1.82, 2.24) is 20.1 Å². The van der Waals surface area contributed by atoms with Gasteiger partial charge in [-0.3, -0.25) is 10.1 Å². The molecule has 40 heavy (non-hydrogen) atoms. The lowest BCUT2D eigenvalue weighted by atomic mass is 10.0. The summed E-state index contributed by atoms with van der Waals surface area (Å²) < 4.78 is 38.0. The number of carbonyl (C=O) groups is 3. The molecule has 0 aliphatic carbocycles. The van der Waals surface area contributed by atoms with Gasteiger partial charge in [0.25, 0.3) is 5.91 Å². The number of aromatic nitrogens is 1. The van der Waals surface area contributed by atoms with Gasteiger partial charge in [0.15, 0.2) is 0 Å². The number of hydrogen-bond acceptors (Lipinski definition) is 6. The van der Waals surface area contributed by atoms with Gasteiger partial charge in [0.05, 0.1) is 5.69 Å². The van der Waals surface area contributed by atoms with E-state index in [0.717, 1.165) is 37.4 Å². The van der Waals surface area contributed by atoms with Crippen molar-refractivity contribution in [3.63, 3.8) is 0 Å². The molecule has 0 radical (unpaired) electrons. The van der Waals surface area contributed by atoms with Crippen molar-refractivity contribution in [3.8, 4) is 0 Å². The molecule has 2 aliphatic rings. The Morgan fingerprint density at radius 2 is 1.77 bits per heavy atom. The molecule has 9 nitrogen and oxygen atoms in total. The normalized spacial score (nSPS) is 17.5. The van der Waals surface area contributed by atoms with E-state index in [9.17, 15) is 27.6 Å². The number of thioether (sulfide) groups is 1. The number of rotatable bonds is 10. The van der Waals surface area contributed by atoms with Gasteiger partial charge in [-0.05, 0) is 113 Å². The van der Waals surface area contributed by atoms with Gasteiger partial charge in [-0.2, -0.15) is 13.2 Å². The lowest BCUT2D eigenvalue weighted by Gasteiger charge is -2.27. The molecule has 2 N–H and O–H groups in total. The number of alkyl halides is 3. The van der Waals surface area contributed by atoms with E-state index in [1.807, 2.05) is 0 Å². The van der Waals surface area contributed by atoms with Gasteiger partial charge in [0, 0.05) is 24.2 Å². The van der Waals surface area contributed by atoms with Gasteiger partial charge in [-0.25, -0.2) is 19.5 Å². The van der Waals surface area contributed by atoms with E-state index < -0.39 is 23.0 Å². The van der Waals surface area contributed by atoms with E-state index in [1.165, 1.54) is 48.2 Å². The number of unbranched alkanes of at least 4 members (excludes halogenated alkanes) is 1. The number of pyridine rings is 1. The second kappa shape index (κ2) is 12.5. The number of halogens is 3. The van der Waals surface area contributed by atoms with Crippen molar-refractivity contribution in [2.45, 2.75) is 62.0 Å². The molecule has 13 heteroatoms. The number of likely N-dealkylation sites (tertiary alicyclic amines) is 1. The number of nitrogens with zero attached hydrogens (tertiary/aromatic N) is 4. The van der Waals surface area contributed by atoms with Crippen LogP contribution >= 0.6 is 11.8 Å². The van der Waals surface area contributed by atoms with Gasteiger partial charge >= 0.3 is 17.6 Å². The Balaban J connectivity index is 1.34. The summed E-state index contributed by atoms with van der Waals surface area (Å²) in [7, 11) is 0. The predicted molar refractivity (Wildman–Crippen MR) is 147 cm³/mol. The molecule has 2 aliphatic heterocycles. The highest BCUT2D eigenvalue weighted by Gasteiger charge is 2.51. The first-order chi connectivity index (χ1) is 18.9. The molecule has 2 aromatic rings. The van der Waals surface area contributed by atoms with Crippen LogP contribution in [-0.2, 0) is 11.3 Å². The third-order valence-electron chi connectivity index (χ3n) is 6.94. The highest BCUT2D eigenvalue weighted by atomic mass is 32.2. The predicted octanol–water partition coefficient (Wildman–Crippen LogP) is 5.44. The first-order valence-electron chi connectivity index (χ1n) is 13.2. The Kier molecular flexibility index (Phi) is 9.24. The zero-order chi connectivity index (χ0) is 28.9. The van der Waals surface area contributed by atoms with Gasteiger partial charge in [0.2, 0.25) is 0 Å². The fourth-order valence-corrected chi connectivity index (χ4v) is 5.32. The Bertz CT molecular complexity index is 1220. The van der Waals surface area contributed by atoms with E-state index in [4.69, 9.17) is 0 Å². The van der Waals surface area contributed by atoms with Crippen LogP contribution in [0.2, 0.25) is 0 Å². The largest absolute Gasteiger partial charge is 0.446 e. The van der Waals surface area contributed by atoms with E-state index in [2.05, 4.69) is 20.5 Å². The van der Waals surface area contributed by atoms with Crippen molar-refractivity contribution in [2.24, 2.45) is 0 Å². The highest BCUT2D eigenvalue weighted by molar-refractivity contribution is 8.00. The van der Waals surface area contributed by atoms with Crippen molar-refractivity contribution in [1.29, 1.82) is 0 Å². The topological polar surface area (TPSA) is 97.9 Å². The summed E-state index contributed by atoms with van der Waals surface area (Å²) in [6.45, 7) is 7.17. The van der Waals surface area contributed by atoms with Crippen LogP contribution < -0.4 is 15.5 Å². The third-order valence-corrected chi connectivity index (χ3v) is 7.68. The van der Waals surface area contributed by atoms with Crippen LogP contribution in [0.4, 0.5) is 34.3 Å². The maximum Gasteiger partial charge on any atom is 0.446 e. The van der Waals surface area contributed by atoms with Crippen LogP contribution in [0.25, 0.3) is 0 Å². The minimum Gasteiger partial charge on any atom is -0.338 e. The molecule has 0 atom stereocenters. The number of carbonyl (C=O) groups excluding carboxylic acids is 3. The SMILES string of the molecule is CC1(C)C(=O)N(c2ccc(SC(F)(F)F)cc2)C(=O)N1Cc1ccnc(NC(=O)NCCCCN2CCCC2)c1. The van der Waals surface area contributed by atoms with E-state index in [1.54, 1.807) is 26.0 Å². The Hall–Kier alpha value is -3.32. The smallest absolute Gasteiger partial charge is 0.338 e. The Morgan fingerprint density at radius 3 is 2.45 bits per heavy atom. The average molecular weight is 579 g/mol. The molecule has 0 saturated carbocycles. The molecule has 0 bridgehead atoms. The van der Waals surface area contributed by atoms with Crippen molar-refractivity contribution in [3.05, 3.63) is 48.2 Å². The molecule has 1 aromatic carbocycles. The summed E-state index contributed by atoms with van der Waals surface area (Å²) in [5, 5.41) is 5.53. The molecule has 0 unspecified atom stereocenters. The number of hydrogen-bond donors (Lipinski definition) is 2. The number of imide groups is 1. The number of benzene rings is 1. The lowest BCUT2D eigenvalue weighted by Crippen LogP contribution is -2.43. The summed E-state index contributed by atoms with van der Waals surface area (Å²) in [6, 6.07) is 7.44. The lowest BCUT2D eigenvalue weighted by molar-refractivity contribution is -0.123. The molecule has 1 aromatic heterocycles. The van der Waals surface area contributed by atoms with Crippen LogP contribution in [0, 0.1) is 0 Å². The molecule has 5 amide bonds. The van der Waals surface area contributed by atoms with E-state index >= 15 is 0 Å². The molecule has 4 rings (SSSR count). The zero-order valence-corrected chi connectivity index (χ0v) is 23.3. The second-order valence-electron chi connectivity index (χ2n) is 10.3. The molecule has 2 saturated heterocycles. The highest BCUT2D eigenvalue weighted by Crippen LogP contribution is 2.39. The molecular weight excluding hydrogens is 545 g/mol. The van der Waals surface area contributed by atoms with Crippen LogP contribution in [0.15, 0.2) is 47.5 Å². The van der Waals surface area contributed by atoms with Crippen molar-refractivity contribution >= 4 is 41.2 Å². The quantitative estimate of drug-likeness (QED) is 0.222. The zero-order valence-electron chi connectivity index (χ0n) is 22.5. The second-order valence-corrected chi connectivity index (χ2v) is 11.4. The number of nitrogens with one attached hydrogen (secondary N) is 2. The molecular formula is C27H33F3N6O3S. The monoisotopic (exact) mass is 578 g/mol. The van der Waals surface area contributed by atoms with Gasteiger partial charge in [-0.15, -0.1) is 0 Å². The number of urea groups is 2. The number of amides is 5. The van der Waals surface area contributed by atoms with E-state index in [-0.39, 0.29) is 34.9 Å². The van der Waals surface area contributed by atoms with Crippen molar-refractivity contribution in [2.75, 3.05) is 36.4 Å². The summed E-state index contributed by atoms with van der Waals surface area (Å²) in [5.74, 6) is -0.192. The summed E-state index contributed by atoms with van der Waals surface area (Å²) in [6.07, 6.45) is 5.90. The van der Waals surface area contributed by atoms with Crippen LogP contribution in [-0.4, -0.2) is 70.0 Å². The minimum absolute atomic E-state index is 0.0469. The minimum atomic E-state index is -4.44. The summed E-state index contributed by atoms with van der Waals surface area (Å²) in [5.41, 5.74) is -4.82. The molecule has 3 heterocycles. The van der Waals surface area contributed by atoms with Crippen molar-refractivity contribution < 1.29 is 27.6 Å². The third kappa shape index (κ3) is 7.45. The Morgan fingerprint density at radius 1 is 1.07 bits per heavy atom. The van der Waals surface area contributed by atoms with E-state index in [0.29, 0.717) is 17.9 Å². The maximum absolute atomic E-state index is 13.3. The fourth-order valence-electron chi connectivity index (χ4n) is 4.78. The van der Waals surface area contributed by atoms with Gasteiger partial charge < -0.3 is 15.1 Å². The van der Waals surface area contributed by atoms with Crippen LogP contribution in [0.1, 0.15) is 45.1 Å². The molecule has 0 spiro atoms. The van der Waals surface area contributed by atoms with Gasteiger partial charge in [-0.1, -0.05) is 0 Å². The maximum atomic E-state index is 13.3. The Labute approximate surface area is 235 Å². The fraction of sp³-hybridized carbons (Fsp3) is 0.481. The molecule has 216 valence electrons. The van der Waals surface area contributed by atoms with Gasteiger partial charge in [0.1, 0.15) is 11.4 Å². The average Bonchev–Trinajstić information content (AvgIpc) is 3.45. The summed E-state index contributed by atoms with van der Waals surface area (Å²) >= 11 is -0.269. The first-order valence-corrected chi connectivity index (χ1v) is 14.0. The summed E-state index contributed by atoms with van der Waals surface area (Å²) in [4.78, 5) is 47.7. The number of anilines is 2. The first kappa shape index (κ1) is 29.7.